The third kappa shape index (κ3) is 7.67. The van der Waals surface area contributed by atoms with Crippen molar-refractivity contribution in [3.63, 3.8) is 0 Å². The SMILES string of the molecule is CCCC(O)c1ccc(CC(C)(C(=O)OCC)C(=O)OCC)cc1.N#CO. The maximum atomic E-state index is 12.3. The van der Waals surface area contributed by atoms with Crippen molar-refractivity contribution in [2.75, 3.05) is 13.2 Å². The summed E-state index contributed by atoms with van der Waals surface area (Å²) in [7, 11) is 0. The van der Waals surface area contributed by atoms with E-state index in [9.17, 15) is 14.7 Å². The molecule has 2 N–H and O–H groups in total. The average molecular weight is 379 g/mol. The van der Waals surface area contributed by atoms with E-state index in [2.05, 4.69) is 0 Å². The third-order valence-corrected chi connectivity index (χ3v) is 3.94. The first-order valence-electron chi connectivity index (χ1n) is 8.95. The molecule has 0 fully saturated rings. The van der Waals surface area contributed by atoms with Gasteiger partial charge in [0.05, 0.1) is 19.3 Å². The van der Waals surface area contributed by atoms with Crippen LogP contribution in [0, 0.1) is 16.9 Å². The van der Waals surface area contributed by atoms with Crippen LogP contribution in [0.2, 0.25) is 0 Å². The fourth-order valence-corrected chi connectivity index (χ4v) is 2.51. The Morgan fingerprint density at radius 3 is 1.93 bits per heavy atom. The van der Waals surface area contributed by atoms with Crippen molar-refractivity contribution in [3.8, 4) is 6.26 Å². The second-order valence-electron chi connectivity index (χ2n) is 6.10. The van der Waals surface area contributed by atoms with Crippen LogP contribution in [0.3, 0.4) is 0 Å². The lowest BCUT2D eigenvalue weighted by Crippen LogP contribution is -2.41. The van der Waals surface area contributed by atoms with Gasteiger partial charge in [0.1, 0.15) is 0 Å². The van der Waals surface area contributed by atoms with E-state index in [1.807, 2.05) is 31.2 Å². The molecule has 0 heterocycles. The Kier molecular flexibility index (Phi) is 11.5. The number of hydrogen-bond donors (Lipinski definition) is 2. The molecular formula is C20H29NO6. The van der Waals surface area contributed by atoms with Crippen LogP contribution < -0.4 is 0 Å². The highest BCUT2D eigenvalue weighted by molar-refractivity contribution is 5.99. The van der Waals surface area contributed by atoms with Crippen LogP contribution in [-0.2, 0) is 25.5 Å². The largest absolute Gasteiger partial charge is 0.465 e. The number of carbonyl (C=O) groups is 2. The molecule has 1 aromatic carbocycles. The quantitative estimate of drug-likeness (QED) is 0.385. The molecule has 0 saturated carbocycles. The van der Waals surface area contributed by atoms with E-state index >= 15 is 0 Å². The predicted octanol–water partition coefficient (Wildman–Crippen LogP) is 3.04. The summed E-state index contributed by atoms with van der Waals surface area (Å²) in [6.45, 7) is 7.37. The van der Waals surface area contributed by atoms with Crippen LogP contribution in [-0.4, -0.2) is 35.4 Å². The maximum absolute atomic E-state index is 12.3. The standard InChI is InChI=1S/C19H28O5.CHNO/c1-5-8-16(20)15-11-9-14(10-12-15)13-19(4,17(21)23-6-2)18(22)24-7-3;2-1-3/h9-12,16,20H,5-8,13H2,1-4H3;3H. The molecule has 0 saturated heterocycles. The van der Waals surface area contributed by atoms with Gasteiger partial charge in [-0.05, 0) is 44.7 Å². The van der Waals surface area contributed by atoms with Gasteiger partial charge in [0.25, 0.3) is 6.26 Å². The predicted molar refractivity (Wildman–Crippen MR) is 98.9 cm³/mol. The number of aliphatic hydroxyl groups excluding tert-OH is 2. The van der Waals surface area contributed by atoms with Crippen LogP contribution in [0.4, 0.5) is 0 Å². The normalized spacial score (nSPS) is 11.4. The minimum Gasteiger partial charge on any atom is -0.465 e. The first kappa shape index (κ1) is 24.4. The number of carbonyl (C=O) groups excluding carboxylic acids is 2. The van der Waals surface area contributed by atoms with Crippen LogP contribution in [0.1, 0.15) is 57.8 Å². The molecule has 1 atom stereocenters. The van der Waals surface area contributed by atoms with Gasteiger partial charge in [-0.25, -0.2) is 0 Å². The number of hydrogen-bond acceptors (Lipinski definition) is 7. The van der Waals surface area contributed by atoms with Crippen LogP contribution in [0.25, 0.3) is 0 Å². The monoisotopic (exact) mass is 379 g/mol. The highest BCUT2D eigenvalue weighted by Gasteiger charge is 2.44. The molecule has 27 heavy (non-hydrogen) atoms. The molecule has 0 bridgehead atoms. The zero-order chi connectivity index (χ0) is 20.9. The van der Waals surface area contributed by atoms with E-state index in [1.165, 1.54) is 0 Å². The van der Waals surface area contributed by atoms with Gasteiger partial charge in [-0.3, -0.25) is 9.59 Å². The Morgan fingerprint density at radius 1 is 1.11 bits per heavy atom. The lowest BCUT2D eigenvalue weighted by molar-refractivity contribution is -0.170. The van der Waals surface area contributed by atoms with Gasteiger partial charge >= 0.3 is 11.9 Å². The Morgan fingerprint density at radius 2 is 1.56 bits per heavy atom. The Labute approximate surface area is 160 Å². The van der Waals surface area contributed by atoms with Crippen molar-refractivity contribution in [3.05, 3.63) is 35.4 Å². The summed E-state index contributed by atoms with van der Waals surface area (Å²) < 4.78 is 10.1. The molecule has 1 rings (SSSR count). The van der Waals surface area contributed by atoms with E-state index in [1.54, 1.807) is 20.8 Å². The number of ether oxygens (including phenoxy) is 2. The molecule has 0 spiro atoms. The molecule has 150 valence electrons. The van der Waals surface area contributed by atoms with Crippen LogP contribution >= 0.6 is 0 Å². The van der Waals surface area contributed by atoms with Crippen molar-refractivity contribution in [1.82, 2.24) is 0 Å². The molecule has 0 aromatic heterocycles. The number of aliphatic hydroxyl groups is 2. The van der Waals surface area contributed by atoms with Crippen molar-refractivity contribution < 1.29 is 29.3 Å². The Hall–Kier alpha value is -2.59. The summed E-state index contributed by atoms with van der Waals surface area (Å²) in [4.78, 5) is 24.6. The third-order valence-electron chi connectivity index (χ3n) is 3.94. The van der Waals surface area contributed by atoms with Crippen molar-refractivity contribution >= 4 is 11.9 Å². The zero-order valence-corrected chi connectivity index (χ0v) is 16.4. The topological polar surface area (TPSA) is 117 Å². The van der Waals surface area contributed by atoms with Crippen molar-refractivity contribution in [2.24, 2.45) is 5.41 Å². The average Bonchev–Trinajstić information content (AvgIpc) is 2.63. The van der Waals surface area contributed by atoms with E-state index in [4.69, 9.17) is 19.8 Å². The fourth-order valence-electron chi connectivity index (χ4n) is 2.51. The number of nitrogens with zero attached hydrogens (tertiary/aromatic N) is 1. The summed E-state index contributed by atoms with van der Waals surface area (Å²) in [6.07, 6.45) is 2.04. The van der Waals surface area contributed by atoms with Crippen LogP contribution in [0.5, 0.6) is 0 Å². The number of esters is 2. The van der Waals surface area contributed by atoms with Gasteiger partial charge in [-0.1, -0.05) is 37.6 Å². The zero-order valence-electron chi connectivity index (χ0n) is 16.4. The second kappa shape index (κ2) is 12.7. The first-order chi connectivity index (χ1) is 12.8. The molecule has 1 unspecified atom stereocenters. The van der Waals surface area contributed by atoms with Crippen molar-refractivity contribution in [2.45, 2.75) is 53.1 Å². The molecule has 1 aromatic rings. The molecule has 0 aliphatic rings. The number of nitriles is 1. The first-order valence-corrected chi connectivity index (χ1v) is 8.95. The van der Waals surface area contributed by atoms with E-state index in [0.29, 0.717) is 6.42 Å². The van der Waals surface area contributed by atoms with Gasteiger partial charge in [0.2, 0.25) is 0 Å². The lowest BCUT2D eigenvalue weighted by Gasteiger charge is -2.25. The summed E-state index contributed by atoms with van der Waals surface area (Å²) >= 11 is 0. The summed E-state index contributed by atoms with van der Waals surface area (Å²) in [5, 5.41) is 23.8. The van der Waals surface area contributed by atoms with Gasteiger partial charge in [0, 0.05) is 0 Å². The maximum Gasteiger partial charge on any atom is 0.323 e. The minimum absolute atomic E-state index is 0.189. The molecule has 0 radical (unpaired) electrons. The molecule has 7 nitrogen and oxygen atoms in total. The smallest absolute Gasteiger partial charge is 0.323 e. The number of benzene rings is 1. The molecule has 0 amide bonds. The van der Waals surface area contributed by atoms with Gasteiger partial charge in [-0.15, -0.1) is 0 Å². The molecule has 0 aliphatic heterocycles. The van der Waals surface area contributed by atoms with Gasteiger partial charge in [0.15, 0.2) is 5.41 Å². The lowest BCUT2D eigenvalue weighted by atomic mass is 9.83. The fraction of sp³-hybridized carbons (Fsp3) is 0.550. The summed E-state index contributed by atoms with van der Waals surface area (Å²) in [6, 6.07) is 7.30. The van der Waals surface area contributed by atoms with E-state index in [0.717, 1.165) is 23.8 Å². The molecule has 0 aliphatic carbocycles. The van der Waals surface area contributed by atoms with Crippen LogP contribution in [0.15, 0.2) is 24.3 Å². The highest BCUT2D eigenvalue weighted by atomic mass is 16.6. The summed E-state index contributed by atoms with van der Waals surface area (Å²) in [5.74, 6) is -1.17. The minimum atomic E-state index is -1.38. The molecule has 7 heteroatoms. The second-order valence-corrected chi connectivity index (χ2v) is 6.10. The van der Waals surface area contributed by atoms with E-state index in [-0.39, 0.29) is 19.6 Å². The van der Waals surface area contributed by atoms with Gasteiger partial charge < -0.3 is 19.7 Å². The summed E-state index contributed by atoms with van der Waals surface area (Å²) in [5.41, 5.74) is 0.260. The van der Waals surface area contributed by atoms with Crippen molar-refractivity contribution in [1.29, 1.82) is 5.26 Å². The Balaban J connectivity index is 0.00000210. The highest BCUT2D eigenvalue weighted by Crippen LogP contribution is 2.28. The number of rotatable bonds is 9. The Bertz CT molecular complexity index is 602. The molecular weight excluding hydrogens is 350 g/mol. The van der Waals surface area contributed by atoms with E-state index < -0.39 is 23.5 Å². The van der Waals surface area contributed by atoms with Gasteiger partial charge in [-0.2, -0.15) is 5.26 Å².